The molecule has 8 rings (SSSR count). The molecule has 0 fully saturated rings. The smallest absolute Gasteiger partial charge is 0.0540 e. The highest BCUT2D eigenvalue weighted by atomic mass is 15.1. The number of hydrogen-bond acceptors (Lipinski definition) is 2. The summed E-state index contributed by atoms with van der Waals surface area (Å²) in [4.78, 5) is 4.84. The van der Waals surface area contributed by atoms with Gasteiger partial charge in [-0.15, -0.1) is 0 Å². The zero-order valence-corrected chi connectivity index (χ0v) is 29.9. The first kappa shape index (κ1) is 31.7. The van der Waals surface area contributed by atoms with Crippen molar-refractivity contribution in [3.8, 4) is 0 Å². The van der Waals surface area contributed by atoms with E-state index in [4.69, 9.17) is 0 Å². The minimum atomic E-state index is 0.480. The first-order chi connectivity index (χ1) is 24.3. The predicted octanol–water partition coefficient (Wildman–Crippen LogP) is 14.4. The quantitative estimate of drug-likeness (QED) is 0.151. The molecular formula is C48H44N2. The van der Waals surface area contributed by atoms with Gasteiger partial charge in [0.2, 0.25) is 0 Å². The molecular weight excluding hydrogens is 605 g/mol. The van der Waals surface area contributed by atoms with E-state index in [-0.39, 0.29) is 0 Å². The monoisotopic (exact) mass is 648 g/mol. The van der Waals surface area contributed by atoms with E-state index >= 15 is 0 Å². The van der Waals surface area contributed by atoms with Gasteiger partial charge < -0.3 is 9.80 Å². The molecule has 0 amide bonds. The third-order valence-corrected chi connectivity index (χ3v) is 10.3. The van der Waals surface area contributed by atoms with E-state index in [0.29, 0.717) is 11.8 Å². The molecule has 0 heterocycles. The molecule has 0 N–H and O–H groups in total. The lowest BCUT2D eigenvalue weighted by Crippen LogP contribution is -2.11. The van der Waals surface area contributed by atoms with Crippen molar-refractivity contribution in [3.05, 3.63) is 168 Å². The number of rotatable bonds is 8. The molecule has 0 aliphatic carbocycles. The van der Waals surface area contributed by atoms with Gasteiger partial charge in [-0.05, 0) is 119 Å². The van der Waals surface area contributed by atoms with Crippen LogP contribution in [0.15, 0.2) is 146 Å². The molecule has 0 aromatic heterocycles. The molecule has 2 heteroatoms. The molecule has 0 atom stereocenters. The van der Waals surface area contributed by atoms with Crippen LogP contribution in [0.3, 0.4) is 0 Å². The van der Waals surface area contributed by atoms with Crippen LogP contribution in [0.2, 0.25) is 0 Å². The average Bonchev–Trinajstić information content (AvgIpc) is 3.13. The van der Waals surface area contributed by atoms with Gasteiger partial charge in [0.25, 0.3) is 0 Å². The number of benzene rings is 8. The summed E-state index contributed by atoms with van der Waals surface area (Å²) in [5.41, 5.74) is 12.2. The standard InChI is InChI=1S/C48H44N2/c1-31(2)35-11-23-41(24-12-35)49(39-19-7-33(5)8-20-39)45-29-17-37-16-28-44-46(30-18-38-15-27-43(45)47(37)48(38)44)50(40-21-9-34(6)10-22-40)42-25-13-36(14-26-42)32(3)4/h7-32H,1-6H3. The van der Waals surface area contributed by atoms with Crippen LogP contribution < -0.4 is 9.80 Å². The summed E-state index contributed by atoms with van der Waals surface area (Å²) >= 11 is 0. The van der Waals surface area contributed by atoms with Crippen molar-refractivity contribution < 1.29 is 0 Å². The summed E-state index contributed by atoms with van der Waals surface area (Å²) in [6.07, 6.45) is 0. The number of hydrogen-bond donors (Lipinski definition) is 0. The molecule has 0 saturated heterocycles. The SMILES string of the molecule is Cc1ccc(N(c2ccc(C(C)C)cc2)c2ccc3ccc4c(N(c5ccc(C)cc5)c5ccc(C(C)C)cc5)ccc5ccc2c3c54)cc1. The second-order valence-corrected chi connectivity index (χ2v) is 14.4. The zero-order chi connectivity index (χ0) is 34.5. The Morgan fingerprint density at radius 3 is 0.960 bits per heavy atom. The molecule has 8 aromatic carbocycles. The fourth-order valence-corrected chi connectivity index (χ4v) is 7.42. The van der Waals surface area contributed by atoms with Crippen molar-refractivity contribution in [2.75, 3.05) is 9.80 Å². The van der Waals surface area contributed by atoms with Crippen molar-refractivity contribution in [2.24, 2.45) is 0 Å². The molecule has 246 valence electrons. The van der Waals surface area contributed by atoms with Crippen LogP contribution in [0.4, 0.5) is 34.1 Å². The number of nitrogens with zero attached hydrogens (tertiary/aromatic N) is 2. The van der Waals surface area contributed by atoms with Crippen molar-refractivity contribution in [3.63, 3.8) is 0 Å². The second-order valence-electron chi connectivity index (χ2n) is 14.4. The maximum atomic E-state index is 2.42. The Balaban J connectivity index is 1.37. The highest BCUT2D eigenvalue weighted by Gasteiger charge is 2.22. The van der Waals surface area contributed by atoms with E-state index in [9.17, 15) is 0 Å². The Morgan fingerprint density at radius 2 is 0.640 bits per heavy atom. The molecule has 8 aromatic rings. The van der Waals surface area contributed by atoms with Crippen molar-refractivity contribution in [2.45, 2.75) is 53.4 Å². The Bertz CT molecular complexity index is 2240. The Kier molecular flexibility index (Phi) is 8.04. The van der Waals surface area contributed by atoms with Crippen LogP contribution in [0, 0.1) is 13.8 Å². The fourth-order valence-electron chi connectivity index (χ4n) is 7.42. The van der Waals surface area contributed by atoms with Gasteiger partial charge in [-0.2, -0.15) is 0 Å². The molecule has 0 aliphatic rings. The summed E-state index contributed by atoms with van der Waals surface area (Å²) < 4.78 is 0. The summed E-state index contributed by atoms with van der Waals surface area (Å²) in [5.74, 6) is 0.960. The topological polar surface area (TPSA) is 6.48 Å². The first-order valence-electron chi connectivity index (χ1n) is 17.9. The minimum absolute atomic E-state index is 0.480. The van der Waals surface area contributed by atoms with Crippen LogP contribution in [0.25, 0.3) is 32.3 Å². The molecule has 2 nitrogen and oxygen atoms in total. The summed E-state index contributed by atoms with van der Waals surface area (Å²) in [7, 11) is 0. The molecule has 0 bridgehead atoms. The summed E-state index contributed by atoms with van der Waals surface area (Å²) in [6, 6.07) is 54.5. The lowest BCUT2D eigenvalue weighted by Gasteiger charge is -2.29. The normalized spacial score (nSPS) is 11.8. The predicted molar refractivity (Wildman–Crippen MR) is 217 cm³/mol. The van der Waals surface area contributed by atoms with Gasteiger partial charge in [0.05, 0.1) is 11.4 Å². The third-order valence-electron chi connectivity index (χ3n) is 10.3. The van der Waals surface area contributed by atoms with Crippen LogP contribution in [0.5, 0.6) is 0 Å². The lowest BCUT2D eigenvalue weighted by atomic mass is 9.91. The van der Waals surface area contributed by atoms with Gasteiger partial charge in [0, 0.05) is 33.5 Å². The Morgan fingerprint density at radius 1 is 0.340 bits per heavy atom. The van der Waals surface area contributed by atoms with Gasteiger partial charge in [-0.25, -0.2) is 0 Å². The van der Waals surface area contributed by atoms with Crippen LogP contribution in [-0.2, 0) is 0 Å². The van der Waals surface area contributed by atoms with Gasteiger partial charge in [-0.1, -0.05) is 124 Å². The number of aryl methyl sites for hydroxylation is 2. The second kappa shape index (κ2) is 12.7. The van der Waals surface area contributed by atoms with E-state index in [0.717, 1.165) is 22.7 Å². The lowest BCUT2D eigenvalue weighted by molar-refractivity contribution is 0.866. The van der Waals surface area contributed by atoms with Gasteiger partial charge in [0.15, 0.2) is 0 Å². The van der Waals surface area contributed by atoms with Crippen molar-refractivity contribution >= 4 is 66.4 Å². The highest BCUT2D eigenvalue weighted by molar-refractivity contribution is 6.28. The number of anilines is 6. The average molecular weight is 649 g/mol. The van der Waals surface area contributed by atoms with E-state index in [1.54, 1.807) is 0 Å². The molecule has 0 aliphatic heterocycles. The van der Waals surface area contributed by atoms with Crippen molar-refractivity contribution in [1.82, 2.24) is 0 Å². The molecule has 0 saturated carbocycles. The first-order valence-corrected chi connectivity index (χ1v) is 17.9. The van der Waals surface area contributed by atoms with E-state index in [1.165, 1.54) is 65.9 Å². The van der Waals surface area contributed by atoms with Gasteiger partial charge in [-0.3, -0.25) is 0 Å². The molecule has 0 radical (unpaired) electrons. The largest absolute Gasteiger partial charge is 0.310 e. The molecule has 0 spiro atoms. The van der Waals surface area contributed by atoms with Crippen LogP contribution in [-0.4, -0.2) is 0 Å². The van der Waals surface area contributed by atoms with E-state index in [2.05, 4.69) is 197 Å². The summed E-state index contributed by atoms with van der Waals surface area (Å²) in [6.45, 7) is 13.3. The third kappa shape index (κ3) is 5.55. The fraction of sp³-hybridized carbons (Fsp3) is 0.167. The molecule has 50 heavy (non-hydrogen) atoms. The van der Waals surface area contributed by atoms with E-state index < -0.39 is 0 Å². The Hall–Kier alpha value is -5.60. The van der Waals surface area contributed by atoms with E-state index in [1.807, 2.05) is 0 Å². The minimum Gasteiger partial charge on any atom is -0.310 e. The zero-order valence-electron chi connectivity index (χ0n) is 29.9. The van der Waals surface area contributed by atoms with Gasteiger partial charge >= 0.3 is 0 Å². The van der Waals surface area contributed by atoms with Gasteiger partial charge in [0.1, 0.15) is 0 Å². The maximum Gasteiger partial charge on any atom is 0.0540 e. The van der Waals surface area contributed by atoms with Crippen LogP contribution >= 0.6 is 0 Å². The summed E-state index contributed by atoms with van der Waals surface area (Å²) in [5, 5.41) is 7.59. The highest BCUT2D eigenvalue weighted by Crippen LogP contribution is 2.47. The Labute approximate surface area is 296 Å². The van der Waals surface area contributed by atoms with Crippen LogP contribution in [0.1, 0.15) is 61.8 Å². The molecule has 0 unspecified atom stereocenters. The van der Waals surface area contributed by atoms with Crippen molar-refractivity contribution in [1.29, 1.82) is 0 Å². The maximum absolute atomic E-state index is 2.42.